The lowest BCUT2D eigenvalue weighted by Gasteiger charge is -2.36. The summed E-state index contributed by atoms with van der Waals surface area (Å²) in [6.45, 7) is 12.6. The first kappa shape index (κ1) is 49.2. The Morgan fingerprint density at radius 3 is 2.29 bits per heavy atom. The number of urea groups is 1. The average Bonchev–Trinajstić information content (AvgIpc) is 3.94. The normalized spacial score (nSPS) is 15.2. The van der Waals surface area contributed by atoms with E-state index in [1.54, 1.807) is 27.2 Å². The highest BCUT2D eigenvalue weighted by Gasteiger charge is 2.41. The molecule has 5 atom stereocenters. The second-order valence-corrected chi connectivity index (χ2v) is 18.7. The highest BCUT2D eigenvalue weighted by Crippen LogP contribution is 2.28. The van der Waals surface area contributed by atoms with Gasteiger partial charge in [-0.1, -0.05) is 109 Å². The number of nitrogens with one attached hydrogen (secondary N) is 3. The number of methoxy groups -OCH3 is 1. The first-order valence-corrected chi connectivity index (χ1v) is 23.4. The van der Waals surface area contributed by atoms with Gasteiger partial charge in [0.05, 0.1) is 37.2 Å². The summed E-state index contributed by atoms with van der Waals surface area (Å²) in [5.41, 5.74) is 8.41. The van der Waals surface area contributed by atoms with Crippen molar-refractivity contribution in [2.75, 3.05) is 26.7 Å². The molecule has 66 heavy (non-hydrogen) atoms. The lowest BCUT2D eigenvalue weighted by Crippen LogP contribution is -2.60. The molecule has 0 spiro atoms. The maximum Gasteiger partial charge on any atom is 0.407 e. The molecule has 5 unspecified atom stereocenters. The summed E-state index contributed by atoms with van der Waals surface area (Å²) in [6.07, 6.45) is 3.24. The predicted molar refractivity (Wildman–Crippen MR) is 256 cm³/mol. The molecule has 5 amide bonds. The van der Waals surface area contributed by atoms with Crippen molar-refractivity contribution in [1.82, 2.24) is 45.8 Å². The Bertz CT molecular complexity index is 2380. The molecule has 350 valence electrons. The Hall–Kier alpha value is -6.23. The van der Waals surface area contributed by atoms with Crippen LogP contribution in [0.15, 0.2) is 103 Å². The molecular formula is C50H63N9O6S. The standard InChI is InChI=1S/C50H63N9O6S/c1-8-33(3)43(59-26-25-57(49(59)64)30-39-32-66-47(53-39)37-22-24-51-38(9-2)28-37)45(61)54-41(27-34-15-11-10-12-16-34)42(60)31-58(56-46(62)44(50(4,5)6)55-48(63)65-7)29-35-18-20-36(21-19-35)40-17-13-14-23-52-40/h10-24,28,32-33,41-44,60H,8-9,25-27,29-31H2,1-7H3,(H,54,61)(H,55,63)(H,56,62). The van der Waals surface area contributed by atoms with Gasteiger partial charge in [0.25, 0.3) is 5.91 Å². The summed E-state index contributed by atoms with van der Waals surface area (Å²) in [5, 5.41) is 22.5. The Morgan fingerprint density at radius 1 is 0.879 bits per heavy atom. The molecule has 0 bridgehead atoms. The van der Waals surface area contributed by atoms with E-state index in [0.29, 0.717) is 26.1 Å². The van der Waals surface area contributed by atoms with E-state index in [9.17, 15) is 24.3 Å². The number of hydrazine groups is 1. The number of nitrogens with zero attached hydrogens (tertiary/aromatic N) is 6. The minimum atomic E-state index is -1.22. The van der Waals surface area contributed by atoms with Crippen molar-refractivity contribution < 1.29 is 29.0 Å². The molecule has 4 heterocycles. The monoisotopic (exact) mass is 917 g/mol. The number of ether oxygens (including phenoxy) is 1. The number of aliphatic hydroxyl groups is 1. The minimum absolute atomic E-state index is 0.111. The number of alkyl carbamates (subject to hydrolysis) is 1. The van der Waals surface area contributed by atoms with Crippen LogP contribution in [0.25, 0.3) is 21.8 Å². The van der Waals surface area contributed by atoms with E-state index >= 15 is 0 Å². The summed E-state index contributed by atoms with van der Waals surface area (Å²) < 4.78 is 4.85. The molecule has 15 nitrogen and oxygen atoms in total. The van der Waals surface area contributed by atoms with Crippen molar-refractivity contribution in [2.45, 2.75) is 98.1 Å². The van der Waals surface area contributed by atoms with Gasteiger partial charge in [-0.05, 0) is 59.6 Å². The lowest BCUT2D eigenvalue weighted by atomic mass is 9.86. The van der Waals surface area contributed by atoms with Crippen LogP contribution in [0.1, 0.15) is 70.5 Å². The fourth-order valence-electron chi connectivity index (χ4n) is 7.98. The van der Waals surface area contributed by atoms with Crippen LogP contribution in [0.5, 0.6) is 0 Å². The largest absolute Gasteiger partial charge is 0.453 e. The minimum Gasteiger partial charge on any atom is -0.453 e. The molecule has 0 saturated carbocycles. The third-order valence-corrected chi connectivity index (χ3v) is 12.8. The van der Waals surface area contributed by atoms with Gasteiger partial charge in [0.1, 0.15) is 17.1 Å². The van der Waals surface area contributed by atoms with E-state index in [1.807, 2.05) is 125 Å². The lowest BCUT2D eigenvalue weighted by molar-refractivity contribution is -0.132. The highest BCUT2D eigenvalue weighted by molar-refractivity contribution is 7.13. The second kappa shape index (κ2) is 22.8. The predicted octanol–water partition coefficient (Wildman–Crippen LogP) is 6.87. The average molecular weight is 918 g/mol. The summed E-state index contributed by atoms with van der Waals surface area (Å²) in [4.78, 5) is 72.4. The van der Waals surface area contributed by atoms with Gasteiger partial charge in [-0.2, -0.15) is 0 Å². The van der Waals surface area contributed by atoms with Gasteiger partial charge in [0.15, 0.2) is 0 Å². The number of rotatable bonds is 20. The second-order valence-electron chi connectivity index (χ2n) is 17.8. The van der Waals surface area contributed by atoms with Crippen LogP contribution >= 0.6 is 11.3 Å². The summed E-state index contributed by atoms with van der Waals surface area (Å²) in [5.74, 6) is -1.11. The summed E-state index contributed by atoms with van der Waals surface area (Å²) >= 11 is 1.52. The zero-order valence-electron chi connectivity index (χ0n) is 38.9. The van der Waals surface area contributed by atoms with Crippen molar-refractivity contribution in [3.63, 3.8) is 0 Å². The van der Waals surface area contributed by atoms with Crippen LogP contribution in [0.2, 0.25) is 0 Å². The maximum atomic E-state index is 14.7. The van der Waals surface area contributed by atoms with Crippen LogP contribution < -0.4 is 16.1 Å². The molecule has 1 aliphatic rings. The van der Waals surface area contributed by atoms with Crippen molar-refractivity contribution >= 4 is 35.3 Å². The van der Waals surface area contributed by atoms with Crippen LogP contribution in [-0.4, -0.2) is 110 Å². The summed E-state index contributed by atoms with van der Waals surface area (Å²) in [6, 6.07) is 24.0. The molecule has 6 rings (SSSR count). The zero-order valence-corrected chi connectivity index (χ0v) is 39.8. The molecule has 16 heteroatoms. The fourth-order valence-corrected chi connectivity index (χ4v) is 8.79. The van der Waals surface area contributed by atoms with Gasteiger partial charge in [0, 0.05) is 60.8 Å². The van der Waals surface area contributed by atoms with E-state index < -0.39 is 41.6 Å². The van der Waals surface area contributed by atoms with Gasteiger partial charge in [-0.25, -0.2) is 19.6 Å². The number of aliphatic hydroxyl groups excluding tert-OH is 1. The van der Waals surface area contributed by atoms with Crippen LogP contribution in [0.3, 0.4) is 0 Å². The van der Waals surface area contributed by atoms with Gasteiger partial charge in [-0.3, -0.25) is 25.0 Å². The van der Waals surface area contributed by atoms with Crippen molar-refractivity contribution in [3.8, 4) is 21.8 Å². The molecule has 5 aromatic rings. The zero-order chi connectivity index (χ0) is 47.4. The third-order valence-electron chi connectivity index (χ3n) is 11.9. The number of thiazole rings is 1. The Kier molecular flexibility index (Phi) is 17.0. The maximum absolute atomic E-state index is 14.7. The fraction of sp³-hybridized carbons (Fsp3) is 0.420. The molecule has 1 aliphatic heterocycles. The van der Waals surface area contributed by atoms with E-state index in [1.165, 1.54) is 18.4 Å². The molecule has 0 aliphatic carbocycles. The first-order valence-electron chi connectivity index (χ1n) is 22.5. The van der Waals surface area contributed by atoms with Gasteiger partial charge < -0.3 is 30.3 Å². The number of pyridine rings is 2. The molecule has 2 aromatic carbocycles. The summed E-state index contributed by atoms with van der Waals surface area (Å²) in [7, 11) is 1.23. The topological polar surface area (TPSA) is 182 Å². The number of benzene rings is 2. The molecule has 3 aromatic heterocycles. The number of carbonyl (C=O) groups excluding carboxylic acids is 4. The smallest absolute Gasteiger partial charge is 0.407 e. The number of amides is 5. The first-order chi connectivity index (χ1) is 31.7. The van der Waals surface area contributed by atoms with Gasteiger partial charge >= 0.3 is 12.1 Å². The quantitative estimate of drug-likeness (QED) is 0.0602. The SMILES string of the molecule is CCc1cc(-c2nc(CN3CCN(C(C(=O)NC(Cc4ccccc4)C(O)CN(Cc4ccc(-c5ccccn5)cc4)NC(=O)C(NC(=O)OC)C(C)(C)C)C(C)CC)C3=O)cs2)ccn1. The molecule has 1 fully saturated rings. The van der Waals surface area contributed by atoms with Gasteiger partial charge in [-0.15, -0.1) is 11.3 Å². The molecule has 4 N–H and O–H groups in total. The highest BCUT2D eigenvalue weighted by atomic mass is 32.1. The van der Waals surface area contributed by atoms with Crippen LogP contribution in [-0.2, 0) is 40.3 Å². The van der Waals surface area contributed by atoms with Crippen molar-refractivity contribution in [3.05, 3.63) is 125 Å². The van der Waals surface area contributed by atoms with Crippen molar-refractivity contribution in [1.29, 1.82) is 0 Å². The van der Waals surface area contributed by atoms with E-state index in [-0.39, 0.29) is 37.4 Å². The number of hydrogen-bond donors (Lipinski definition) is 4. The van der Waals surface area contributed by atoms with Crippen LogP contribution in [0, 0.1) is 11.3 Å². The number of aromatic nitrogens is 3. The van der Waals surface area contributed by atoms with Gasteiger partial charge in [0.2, 0.25) is 5.91 Å². The Morgan fingerprint density at radius 2 is 1.62 bits per heavy atom. The Labute approximate surface area is 392 Å². The number of aryl methyl sites for hydroxylation is 1. The van der Waals surface area contributed by atoms with Crippen LogP contribution in [0.4, 0.5) is 9.59 Å². The van der Waals surface area contributed by atoms with Crippen molar-refractivity contribution in [2.24, 2.45) is 11.3 Å². The number of carbonyl (C=O) groups is 4. The third kappa shape index (κ3) is 13.0. The molecule has 1 saturated heterocycles. The van der Waals surface area contributed by atoms with E-state index in [0.717, 1.165) is 50.8 Å². The molecule has 0 radical (unpaired) electrons. The van der Waals surface area contributed by atoms with E-state index in [4.69, 9.17) is 9.72 Å². The van der Waals surface area contributed by atoms with E-state index in [2.05, 4.69) is 33.0 Å². The number of hydrogen-bond acceptors (Lipinski definition) is 11. The Balaban J connectivity index is 1.23. The molecular weight excluding hydrogens is 855 g/mol.